The fraction of sp³-hybridized carbons (Fsp3) is 0.429. The second-order valence-corrected chi connectivity index (χ2v) is 4.88. The Morgan fingerprint density at radius 1 is 1.30 bits per heavy atom. The molecule has 0 aliphatic carbocycles. The molecule has 0 aliphatic heterocycles. The highest BCUT2D eigenvalue weighted by Crippen LogP contribution is 2.22. The lowest BCUT2D eigenvalue weighted by Gasteiger charge is -2.18. The Hall–Kier alpha value is -2.24. The van der Waals surface area contributed by atoms with Gasteiger partial charge in [-0.15, -0.1) is 0 Å². The SMILES string of the molecule is COC(=O)C(CC(C)C)NC(=O)c1cc(O)ccc1O. The van der Waals surface area contributed by atoms with E-state index in [0.29, 0.717) is 6.42 Å². The average molecular weight is 281 g/mol. The quantitative estimate of drug-likeness (QED) is 0.560. The first-order valence-corrected chi connectivity index (χ1v) is 6.25. The average Bonchev–Trinajstić information content (AvgIpc) is 2.39. The summed E-state index contributed by atoms with van der Waals surface area (Å²) < 4.78 is 4.64. The van der Waals surface area contributed by atoms with E-state index in [1.165, 1.54) is 19.2 Å². The maximum Gasteiger partial charge on any atom is 0.328 e. The van der Waals surface area contributed by atoms with E-state index in [1.807, 2.05) is 13.8 Å². The summed E-state index contributed by atoms with van der Waals surface area (Å²) in [4.78, 5) is 23.7. The Bertz CT molecular complexity index is 498. The molecule has 1 aromatic rings. The molecule has 6 nitrogen and oxygen atoms in total. The predicted octanol–water partition coefficient (Wildman–Crippen LogP) is 1.42. The smallest absolute Gasteiger partial charge is 0.328 e. The van der Waals surface area contributed by atoms with E-state index in [2.05, 4.69) is 10.1 Å². The fourth-order valence-corrected chi connectivity index (χ4v) is 1.77. The minimum absolute atomic E-state index is 0.0948. The number of esters is 1. The number of hydrogen-bond acceptors (Lipinski definition) is 5. The molecule has 1 atom stereocenters. The van der Waals surface area contributed by atoms with Gasteiger partial charge in [-0.1, -0.05) is 13.8 Å². The summed E-state index contributed by atoms with van der Waals surface area (Å²) in [7, 11) is 1.24. The van der Waals surface area contributed by atoms with E-state index in [4.69, 9.17) is 0 Å². The van der Waals surface area contributed by atoms with E-state index in [1.54, 1.807) is 0 Å². The lowest BCUT2D eigenvalue weighted by molar-refractivity contribution is -0.143. The van der Waals surface area contributed by atoms with Gasteiger partial charge in [-0.2, -0.15) is 0 Å². The molecule has 1 unspecified atom stereocenters. The van der Waals surface area contributed by atoms with Crippen molar-refractivity contribution in [2.75, 3.05) is 7.11 Å². The highest BCUT2D eigenvalue weighted by Gasteiger charge is 2.24. The summed E-state index contributed by atoms with van der Waals surface area (Å²) in [6.45, 7) is 3.82. The first-order chi connectivity index (χ1) is 9.35. The monoisotopic (exact) mass is 281 g/mol. The minimum atomic E-state index is -0.797. The normalized spacial score (nSPS) is 12.0. The van der Waals surface area contributed by atoms with Crippen LogP contribution in [-0.4, -0.2) is 35.2 Å². The van der Waals surface area contributed by atoms with Crippen LogP contribution in [0.5, 0.6) is 11.5 Å². The first kappa shape index (κ1) is 15.8. The number of phenols is 2. The van der Waals surface area contributed by atoms with Gasteiger partial charge in [0.15, 0.2) is 0 Å². The van der Waals surface area contributed by atoms with Crippen LogP contribution in [0, 0.1) is 5.92 Å². The van der Waals surface area contributed by atoms with E-state index in [0.717, 1.165) is 6.07 Å². The molecule has 3 N–H and O–H groups in total. The molecule has 0 saturated heterocycles. The second-order valence-electron chi connectivity index (χ2n) is 4.88. The number of hydrogen-bond donors (Lipinski definition) is 3. The van der Waals surface area contributed by atoms with Crippen molar-refractivity contribution in [2.24, 2.45) is 5.92 Å². The van der Waals surface area contributed by atoms with Crippen LogP contribution in [0.1, 0.15) is 30.6 Å². The summed E-state index contributed by atoms with van der Waals surface area (Å²) in [5.74, 6) is -1.43. The third kappa shape index (κ3) is 4.15. The highest BCUT2D eigenvalue weighted by molar-refractivity contribution is 5.99. The summed E-state index contributed by atoms with van der Waals surface area (Å²) >= 11 is 0. The van der Waals surface area contributed by atoms with Crippen molar-refractivity contribution in [3.8, 4) is 11.5 Å². The Kier molecular flexibility index (Phi) is 5.37. The van der Waals surface area contributed by atoms with E-state index >= 15 is 0 Å². The second kappa shape index (κ2) is 6.79. The largest absolute Gasteiger partial charge is 0.508 e. The number of phenolic OH excluding ortho intramolecular Hbond substituents is 2. The van der Waals surface area contributed by atoms with Gasteiger partial charge in [-0.05, 0) is 30.5 Å². The Morgan fingerprint density at radius 3 is 2.50 bits per heavy atom. The number of ether oxygens (including phenoxy) is 1. The first-order valence-electron chi connectivity index (χ1n) is 6.25. The molecule has 1 aromatic carbocycles. The van der Waals surface area contributed by atoms with Gasteiger partial charge in [0.25, 0.3) is 5.91 Å². The number of carbonyl (C=O) groups excluding carboxylic acids is 2. The number of methoxy groups -OCH3 is 1. The summed E-state index contributed by atoms with van der Waals surface area (Å²) in [5.41, 5.74) is -0.0948. The van der Waals surface area contributed by atoms with Crippen LogP contribution in [-0.2, 0) is 9.53 Å². The molecule has 0 radical (unpaired) electrons. The van der Waals surface area contributed by atoms with Gasteiger partial charge < -0.3 is 20.3 Å². The van der Waals surface area contributed by atoms with Gasteiger partial charge in [0.2, 0.25) is 0 Å². The zero-order valence-corrected chi connectivity index (χ0v) is 11.7. The lowest BCUT2D eigenvalue weighted by Crippen LogP contribution is -2.42. The van der Waals surface area contributed by atoms with Crippen LogP contribution in [0.4, 0.5) is 0 Å². The molecule has 0 spiro atoms. The Labute approximate surface area is 117 Å². The van der Waals surface area contributed by atoms with E-state index < -0.39 is 17.9 Å². The van der Waals surface area contributed by atoms with Gasteiger partial charge in [0, 0.05) is 0 Å². The molecule has 1 amide bonds. The summed E-state index contributed by atoms with van der Waals surface area (Å²) in [6, 6.07) is 2.81. The van der Waals surface area contributed by atoms with E-state index in [-0.39, 0.29) is 23.0 Å². The molecule has 1 rings (SSSR count). The lowest BCUT2D eigenvalue weighted by atomic mass is 10.0. The van der Waals surface area contributed by atoms with Crippen molar-refractivity contribution in [3.63, 3.8) is 0 Å². The van der Waals surface area contributed by atoms with Gasteiger partial charge in [0.1, 0.15) is 17.5 Å². The van der Waals surface area contributed by atoms with Crippen molar-refractivity contribution < 1.29 is 24.5 Å². The molecule has 0 aliphatic rings. The third-order valence-electron chi connectivity index (χ3n) is 2.72. The number of amides is 1. The van der Waals surface area contributed by atoms with Crippen molar-refractivity contribution in [1.82, 2.24) is 5.32 Å². The molecule has 0 saturated carbocycles. The fourth-order valence-electron chi connectivity index (χ4n) is 1.77. The highest BCUT2D eigenvalue weighted by atomic mass is 16.5. The Morgan fingerprint density at radius 2 is 1.95 bits per heavy atom. The van der Waals surface area contributed by atoms with Crippen molar-refractivity contribution in [2.45, 2.75) is 26.3 Å². The van der Waals surface area contributed by atoms with Crippen LogP contribution in [0.15, 0.2) is 18.2 Å². The van der Waals surface area contributed by atoms with Crippen LogP contribution >= 0.6 is 0 Å². The molecule has 20 heavy (non-hydrogen) atoms. The number of nitrogens with one attached hydrogen (secondary N) is 1. The molecular weight excluding hydrogens is 262 g/mol. The standard InChI is InChI=1S/C14H19NO5/c1-8(2)6-11(14(19)20-3)15-13(18)10-7-9(16)4-5-12(10)17/h4-5,7-8,11,16-17H,6H2,1-3H3,(H,15,18). The maximum atomic E-state index is 12.0. The van der Waals surface area contributed by atoms with Gasteiger partial charge >= 0.3 is 5.97 Å². The van der Waals surface area contributed by atoms with Crippen molar-refractivity contribution >= 4 is 11.9 Å². The third-order valence-corrected chi connectivity index (χ3v) is 2.72. The minimum Gasteiger partial charge on any atom is -0.508 e. The van der Waals surface area contributed by atoms with Crippen LogP contribution in [0.2, 0.25) is 0 Å². The van der Waals surface area contributed by atoms with Crippen LogP contribution in [0.25, 0.3) is 0 Å². The molecule has 110 valence electrons. The molecule has 0 aromatic heterocycles. The Balaban J connectivity index is 2.90. The van der Waals surface area contributed by atoms with Crippen LogP contribution in [0.3, 0.4) is 0 Å². The summed E-state index contributed by atoms with van der Waals surface area (Å²) in [6.07, 6.45) is 0.415. The molecule has 0 fully saturated rings. The topological polar surface area (TPSA) is 95.9 Å². The van der Waals surface area contributed by atoms with Gasteiger partial charge in [0.05, 0.1) is 12.7 Å². The van der Waals surface area contributed by atoms with Gasteiger partial charge in [-0.3, -0.25) is 4.79 Å². The molecule has 0 bridgehead atoms. The van der Waals surface area contributed by atoms with Gasteiger partial charge in [-0.25, -0.2) is 4.79 Å². The van der Waals surface area contributed by atoms with E-state index in [9.17, 15) is 19.8 Å². The predicted molar refractivity (Wildman–Crippen MR) is 72.5 cm³/mol. The van der Waals surface area contributed by atoms with Crippen LogP contribution < -0.4 is 5.32 Å². The zero-order valence-electron chi connectivity index (χ0n) is 11.7. The number of rotatable bonds is 5. The summed E-state index contributed by atoms with van der Waals surface area (Å²) in [5, 5.41) is 21.4. The zero-order chi connectivity index (χ0) is 15.3. The molecule has 0 heterocycles. The maximum absolute atomic E-state index is 12.0. The van der Waals surface area contributed by atoms with Crippen molar-refractivity contribution in [3.05, 3.63) is 23.8 Å². The van der Waals surface area contributed by atoms with Crippen molar-refractivity contribution in [1.29, 1.82) is 0 Å². The number of carbonyl (C=O) groups is 2. The molecule has 6 heteroatoms. The number of benzene rings is 1. The molecular formula is C14H19NO5. The number of aromatic hydroxyl groups is 2.